The van der Waals surface area contributed by atoms with Crippen LogP contribution >= 0.6 is 0 Å². The molecule has 0 bridgehead atoms. The quantitative estimate of drug-likeness (QED) is 0.216. The van der Waals surface area contributed by atoms with Crippen LogP contribution in [0.2, 0.25) is 0 Å². The highest BCUT2D eigenvalue weighted by Gasteiger charge is 2.16. The number of ether oxygens (including phenoxy) is 1. The Bertz CT molecular complexity index is 1630. The van der Waals surface area contributed by atoms with E-state index in [1.165, 1.54) is 5.56 Å². The largest absolute Gasteiger partial charge is 0.438 e. The van der Waals surface area contributed by atoms with Gasteiger partial charge >= 0.3 is 6.03 Å². The zero-order valence-electron chi connectivity index (χ0n) is 22.3. The number of benzene rings is 3. The van der Waals surface area contributed by atoms with E-state index in [9.17, 15) is 4.79 Å². The molecule has 0 aliphatic carbocycles. The predicted octanol–water partition coefficient (Wildman–Crippen LogP) is 7.47. The van der Waals surface area contributed by atoms with Crippen LogP contribution in [-0.2, 0) is 5.41 Å². The monoisotopic (exact) mass is 518 g/mol. The fourth-order valence-electron chi connectivity index (χ4n) is 4.21. The van der Waals surface area contributed by atoms with Gasteiger partial charge in [0, 0.05) is 35.9 Å². The average Bonchev–Trinajstić information content (AvgIpc) is 2.94. The number of urea groups is 1. The number of hydrogen-bond donors (Lipinski definition) is 3. The molecule has 3 N–H and O–H groups in total. The summed E-state index contributed by atoms with van der Waals surface area (Å²) in [7, 11) is 1.77. The van der Waals surface area contributed by atoms with E-state index in [1.54, 1.807) is 19.4 Å². The summed E-state index contributed by atoms with van der Waals surface area (Å²) in [6, 6.07) is 24.5. The molecule has 0 aliphatic heterocycles. The molecular formula is C31H30N6O2. The highest BCUT2D eigenvalue weighted by molar-refractivity contribution is 6.07. The number of anilines is 3. The summed E-state index contributed by atoms with van der Waals surface area (Å²) in [4.78, 5) is 26.0. The average molecular weight is 519 g/mol. The zero-order valence-corrected chi connectivity index (χ0v) is 22.3. The molecule has 3 aromatic carbocycles. The number of rotatable bonds is 6. The minimum Gasteiger partial charge on any atom is -0.438 e. The van der Waals surface area contributed by atoms with Crippen molar-refractivity contribution >= 4 is 34.1 Å². The summed E-state index contributed by atoms with van der Waals surface area (Å²) in [6.45, 7) is 6.47. The summed E-state index contributed by atoms with van der Waals surface area (Å²) in [5, 5.41) is 10.5. The van der Waals surface area contributed by atoms with Crippen molar-refractivity contribution < 1.29 is 9.53 Å². The molecule has 196 valence electrons. The van der Waals surface area contributed by atoms with Crippen molar-refractivity contribution in [3.05, 3.63) is 96.8 Å². The minimum atomic E-state index is -0.326. The molecule has 0 radical (unpaired) electrons. The Hall–Kier alpha value is -4.98. The number of nitrogens with zero attached hydrogens (tertiary/aromatic N) is 3. The molecule has 2 aromatic heterocycles. The minimum absolute atomic E-state index is 0.0457. The van der Waals surface area contributed by atoms with E-state index >= 15 is 0 Å². The van der Waals surface area contributed by atoms with Crippen LogP contribution in [0.1, 0.15) is 26.3 Å². The van der Waals surface area contributed by atoms with Crippen molar-refractivity contribution in [1.82, 2.24) is 15.0 Å². The van der Waals surface area contributed by atoms with E-state index in [0.29, 0.717) is 29.0 Å². The second-order valence-corrected chi connectivity index (χ2v) is 10.0. The molecule has 0 aliphatic rings. The molecule has 8 heteroatoms. The number of pyridine rings is 1. The molecular weight excluding hydrogens is 488 g/mol. The Balaban J connectivity index is 1.39. The third-order valence-corrected chi connectivity index (χ3v) is 6.27. The smallest absolute Gasteiger partial charge is 0.323 e. The Morgan fingerprint density at radius 2 is 1.56 bits per heavy atom. The number of amides is 2. The maximum absolute atomic E-state index is 12.9. The van der Waals surface area contributed by atoms with Crippen LogP contribution in [0.4, 0.5) is 22.1 Å². The lowest BCUT2D eigenvalue weighted by Gasteiger charge is -2.19. The number of carbonyl (C=O) groups is 1. The molecule has 0 spiro atoms. The van der Waals surface area contributed by atoms with Crippen LogP contribution in [0.5, 0.6) is 11.6 Å². The molecule has 2 amide bonds. The van der Waals surface area contributed by atoms with Crippen molar-refractivity contribution in [2.24, 2.45) is 0 Å². The Morgan fingerprint density at radius 3 is 2.31 bits per heavy atom. The Kier molecular flexibility index (Phi) is 7.10. The second kappa shape index (κ2) is 10.8. The molecule has 0 unspecified atom stereocenters. The third kappa shape index (κ3) is 5.80. The van der Waals surface area contributed by atoms with Gasteiger partial charge in [-0.15, -0.1) is 0 Å². The first kappa shape index (κ1) is 25.7. The van der Waals surface area contributed by atoms with E-state index in [0.717, 1.165) is 22.0 Å². The van der Waals surface area contributed by atoms with Crippen LogP contribution in [0.3, 0.4) is 0 Å². The van der Waals surface area contributed by atoms with Crippen LogP contribution in [0.25, 0.3) is 22.0 Å². The molecule has 2 heterocycles. The van der Waals surface area contributed by atoms with Gasteiger partial charge in [0.05, 0.1) is 16.9 Å². The predicted molar refractivity (Wildman–Crippen MR) is 157 cm³/mol. The van der Waals surface area contributed by atoms with Crippen LogP contribution in [-0.4, -0.2) is 28.0 Å². The number of aromatic nitrogens is 3. The third-order valence-electron chi connectivity index (χ3n) is 6.27. The van der Waals surface area contributed by atoms with Gasteiger partial charge in [0.1, 0.15) is 5.75 Å². The van der Waals surface area contributed by atoms with Crippen LogP contribution in [0, 0.1) is 0 Å². The first-order chi connectivity index (χ1) is 18.8. The lowest BCUT2D eigenvalue weighted by molar-refractivity contribution is 0.262. The van der Waals surface area contributed by atoms with Crippen molar-refractivity contribution in [3.63, 3.8) is 0 Å². The lowest BCUT2D eigenvalue weighted by Crippen LogP contribution is -2.19. The van der Waals surface area contributed by atoms with Gasteiger partial charge in [0.15, 0.2) is 0 Å². The second-order valence-electron chi connectivity index (χ2n) is 10.0. The number of hydrogen-bond acceptors (Lipinski definition) is 6. The maximum atomic E-state index is 12.9. The normalized spacial score (nSPS) is 11.2. The van der Waals surface area contributed by atoms with Gasteiger partial charge in [-0.25, -0.2) is 19.7 Å². The van der Waals surface area contributed by atoms with Crippen molar-refractivity contribution in [3.8, 4) is 22.9 Å². The highest BCUT2D eigenvalue weighted by atomic mass is 16.5. The summed E-state index contributed by atoms with van der Waals surface area (Å²) < 4.78 is 6.32. The van der Waals surface area contributed by atoms with Gasteiger partial charge in [-0.05, 0) is 53.4 Å². The Morgan fingerprint density at radius 1 is 0.795 bits per heavy atom. The summed E-state index contributed by atoms with van der Waals surface area (Å²) in [5.41, 5.74) is 4.06. The molecule has 39 heavy (non-hydrogen) atoms. The maximum Gasteiger partial charge on any atom is 0.323 e. The zero-order chi connectivity index (χ0) is 27.4. The molecule has 8 nitrogen and oxygen atoms in total. The first-order valence-electron chi connectivity index (χ1n) is 12.7. The topological polar surface area (TPSA) is 101 Å². The van der Waals surface area contributed by atoms with Crippen LogP contribution < -0.4 is 20.7 Å². The van der Waals surface area contributed by atoms with Gasteiger partial charge in [-0.3, -0.25) is 0 Å². The van der Waals surface area contributed by atoms with Gasteiger partial charge in [-0.1, -0.05) is 57.2 Å². The standard InChI is InChI=1S/C31H30N6O2/c1-31(2,3)20-11-13-21(14-12-20)35-30(38)37-25-15-16-27(23-9-6-5-8-22(23)25)39-28-24(10-7-18-33-28)26-17-19-34-29(32-4)36-26/h5-19H,1-4H3,(H,32,34,36)(H2,35,37,38). The highest BCUT2D eigenvalue weighted by Crippen LogP contribution is 2.37. The van der Waals surface area contributed by atoms with Gasteiger partial charge in [-0.2, -0.15) is 0 Å². The van der Waals surface area contributed by atoms with Crippen molar-refractivity contribution in [1.29, 1.82) is 0 Å². The summed E-state index contributed by atoms with van der Waals surface area (Å²) in [5.74, 6) is 1.53. The van der Waals surface area contributed by atoms with E-state index in [1.807, 2.05) is 78.9 Å². The van der Waals surface area contributed by atoms with Gasteiger partial charge in [0.25, 0.3) is 0 Å². The molecule has 5 aromatic rings. The first-order valence-corrected chi connectivity index (χ1v) is 12.7. The number of nitrogens with one attached hydrogen (secondary N) is 3. The summed E-state index contributed by atoms with van der Waals surface area (Å²) >= 11 is 0. The molecule has 0 saturated carbocycles. The van der Waals surface area contributed by atoms with Crippen molar-refractivity contribution in [2.75, 3.05) is 23.0 Å². The fourth-order valence-corrected chi connectivity index (χ4v) is 4.21. The van der Waals surface area contributed by atoms with Gasteiger partial charge in [0.2, 0.25) is 11.8 Å². The van der Waals surface area contributed by atoms with E-state index in [4.69, 9.17) is 4.74 Å². The molecule has 0 fully saturated rings. The molecule has 0 saturated heterocycles. The molecule has 5 rings (SSSR count). The van der Waals surface area contributed by atoms with Gasteiger partial charge < -0.3 is 20.7 Å². The summed E-state index contributed by atoms with van der Waals surface area (Å²) in [6.07, 6.45) is 3.36. The Labute approximate surface area is 227 Å². The fraction of sp³-hybridized carbons (Fsp3) is 0.161. The lowest BCUT2D eigenvalue weighted by atomic mass is 9.87. The van der Waals surface area contributed by atoms with E-state index in [-0.39, 0.29) is 11.4 Å². The number of carbonyl (C=O) groups excluding carboxylic acids is 1. The van der Waals surface area contributed by atoms with E-state index in [2.05, 4.69) is 51.7 Å². The van der Waals surface area contributed by atoms with E-state index < -0.39 is 0 Å². The SMILES string of the molecule is CNc1nccc(-c2cccnc2Oc2ccc(NC(=O)Nc3ccc(C(C)(C)C)cc3)c3ccccc23)n1. The van der Waals surface area contributed by atoms with Crippen molar-refractivity contribution in [2.45, 2.75) is 26.2 Å². The van der Waals surface area contributed by atoms with Crippen LogP contribution in [0.15, 0.2) is 91.3 Å². The molecule has 0 atom stereocenters. The number of fused-ring (bicyclic) bond motifs is 1.